The van der Waals surface area contributed by atoms with Crippen molar-refractivity contribution in [3.8, 4) is 0 Å². The van der Waals surface area contributed by atoms with Crippen molar-refractivity contribution in [3.05, 3.63) is 11.1 Å². The highest BCUT2D eigenvalue weighted by Crippen LogP contribution is 2.19. The monoisotopic (exact) mass is 256 g/mol. The molecule has 1 fully saturated rings. The van der Waals surface area contributed by atoms with Crippen LogP contribution in [0.1, 0.15) is 18.5 Å². The van der Waals surface area contributed by atoms with Gasteiger partial charge in [0.2, 0.25) is 0 Å². The molecule has 1 aromatic rings. The van der Waals surface area contributed by atoms with Gasteiger partial charge in [0.25, 0.3) is 0 Å². The number of carbonyl (C=O) groups excluding carboxylic acids is 1. The highest BCUT2D eigenvalue weighted by molar-refractivity contribution is 7.13. The van der Waals surface area contributed by atoms with Gasteiger partial charge in [-0.2, -0.15) is 0 Å². The lowest BCUT2D eigenvalue weighted by Gasteiger charge is -2.07. The molecule has 0 radical (unpaired) electrons. The first kappa shape index (κ1) is 12.3. The Hall–Kier alpha value is -1.14. The van der Waals surface area contributed by atoms with Gasteiger partial charge in [0.05, 0.1) is 31.9 Å². The Labute approximate surface area is 104 Å². The second-order valence-electron chi connectivity index (χ2n) is 3.92. The van der Waals surface area contributed by atoms with Crippen LogP contribution in [0.15, 0.2) is 5.38 Å². The van der Waals surface area contributed by atoms with Gasteiger partial charge in [-0.05, 0) is 6.42 Å². The van der Waals surface area contributed by atoms with Crippen molar-refractivity contribution in [2.45, 2.75) is 25.3 Å². The maximum atomic E-state index is 11.0. The number of aryl methyl sites for hydroxylation is 1. The van der Waals surface area contributed by atoms with Gasteiger partial charge in [-0.3, -0.25) is 4.79 Å². The molecule has 1 atom stereocenters. The molecule has 1 aliphatic rings. The quantitative estimate of drug-likeness (QED) is 0.808. The lowest BCUT2D eigenvalue weighted by molar-refractivity contribution is -0.140. The van der Waals surface area contributed by atoms with Crippen LogP contribution in [0.3, 0.4) is 0 Å². The Kier molecular flexibility index (Phi) is 4.33. The number of thiazole rings is 1. The van der Waals surface area contributed by atoms with Gasteiger partial charge in [0.1, 0.15) is 0 Å². The molecule has 2 rings (SSSR count). The molecule has 17 heavy (non-hydrogen) atoms. The lowest BCUT2D eigenvalue weighted by Crippen LogP contribution is -2.18. The van der Waals surface area contributed by atoms with Gasteiger partial charge in [-0.1, -0.05) is 0 Å². The largest absolute Gasteiger partial charge is 0.469 e. The van der Waals surface area contributed by atoms with E-state index >= 15 is 0 Å². The number of hydrogen-bond acceptors (Lipinski definition) is 6. The minimum absolute atomic E-state index is 0.197. The highest BCUT2D eigenvalue weighted by Gasteiger charge is 2.16. The Morgan fingerprint density at radius 1 is 1.76 bits per heavy atom. The fourth-order valence-corrected chi connectivity index (χ4v) is 2.47. The summed E-state index contributed by atoms with van der Waals surface area (Å²) in [5.74, 6) is -0.197. The molecule has 0 bridgehead atoms. The van der Waals surface area contributed by atoms with Crippen molar-refractivity contribution in [3.63, 3.8) is 0 Å². The SMILES string of the molecule is COC(=O)CCc1csc(NC2CCOC2)n1. The maximum Gasteiger partial charge on any atom is 0.305 e. The predicted molar refractivity (Wildman–Crippen MR) is 65.3 cm³/mol. The normalized spacial score (nSPS) is 19.2. The summed E-state index contributed by atoms with van der Waals surface area (Å²) in [5, 5.41) is 6.21. The summed E-state index contributed by atoms with van der Waals surface area (Å²) in [7, 11) is 1.40. The molecule has 0 aliphatic carbocycles. The minimum atomic E-state index is -0.197. The summed E-state index contributed by atoms with van der Waals surface area (Å²) in [4.78, 5) is 15.4. The van der Waals surface area contributed by atoms with E-state index in [1.807, 2.05) is 5.38 Å². The van der Waals surface area contributed by atoms with Crippen LogP contribution in [0.25, 0.3) is 0 Å². The van der Waals surface area contributed by atoms with Crippen LogP contribution in [0.4, 0.5) is 5.13 Å². The van der Waals surface area contributed by atoms with Crippen molar-refractivity contribution >= 4 is 22.4 Å². The average molecular weight is 256 g/mol. The van der Waals surface area contributed by atoms with E-state index in [0.29, 0.717) is 18.9 Å². The van der Waals surface area contributed by atoms with Crippen LogP contribution in [0.2, 0.25) is 0 Å². The number of carbonyl (C=O) groups is 1. The topological polar surface area (TPSA) is 60.5 Å². The Bertz CT molecular complexity index is 375. The summed E-state index contributed by atoms with van der Waals surface area (Å²) in [5.41, 5.74) is 0.932. The summed E-state index contributed by atoms with van der Waals surface area (Å²) in [6, 6.07) is 0.370. The number of rotatable bonds is 5. The Morgan fingerprint density at radius 2 is 2.65 bits per heavy atom. The van der Waals surface area contributed by atoms with Crippen molar-refractivity contribution in [2.24, 2.45) is 0 Å². The van der Waals surface area contributed by atoms with E-state index in [4.69, 9.17) is 4.74 Å². The van der Waals surface area contributed by atoms with Gasteiger partial charge < -0.3 is 14.8 Å². The molecule has 0 saturated carbocycles. The number of esters is 1. The van der Waals surface area contributed by atoms with Gasteiger partial charge >= 0.3 is 5.97 Å². The zero-order valence-electron chi connectivity index (χ0n) is 9.77. The van der Waals surface area contributed by atoms with Gasteiger partial charge in [-0.15, -0.1) is 11.3 Å². The number of methoxy groups -OCH3 is 1. The number of nitrogens with zero attached hydrogens (tertiary/aromatic N) is 1. The van der Waals surface area contributed by atoms with E-state index < -0.39 is 0 Å². The Morgan fingerprint density at radius 3 is 3.35 bits per heavy atom. The van der Waals surface area contributed by atoms with Crippen molar-refractivity contribution in [1.82, 2.24) is 4.98 Å². The molecule has 0 aromatic carbocycles. The highest BCUT2D eigenvalue weighted by atomic mass is 32.1. The van der Waals surface area contributed by atoms with Gasteiger partial charge in [0.15, 0.2) is 5.13 Å². The van der Waals surface area contributed by atoms with E-state index in [1.54, 1.807) is 11.3 Å². The van der Waals surface area contributed by atoms with E-state index in [2.05, 4.69) is 15.0 Å². The third-order valence-corrected chi connectivity index (χ3v) is 3.44. The Balaban J connectivity index is 1.80. The summed E-state index contributed by atoms with van der Waals surface area (Å²) in [6.07, 6.45) is 2.04. The van der Waals surface area contributed by atoms with Gasteiger partial charge in [0, 0.05) is 18.4 Å². The first-order valence-electron chi connectivity index (χ1n) is 5.63. The van der Waals surface area contributed by atoms with Crippen LogP contribution in [0.5, 0.6) is 0 Å². The third kappa shape index (κ3) is 3.67. The van der Waals surface area contributed by atoms with E-state index in [9.17, 15) is 4.79 Å². The first-order valence-corrected chi connectivity index (χ1v) is 6.51. The van der Waals surface area contributed by atoms with E-state index in [-0.39, 0.29) is 5.97 Å². The van der Waals surface area contributed by atoms with Crippen LogP contribution in [-0.4, -0.2) is 37.3 Å². The van der Waals surface area contributed by atoms with E-state index in [0.717, 1.165) is 30.5 Å². The molecule has 0 spiro atoms. The second-order valence-corrected chi connectivity index (χ2v) is 4.78. The summed E-state index contributed by atoms with van der Waals surface area (Å²) < 4.78 is 9.87. The zero-order valence-corrected chi connectivity index (χ0v) is 10.6. The molecule has 1 N–H and O–H groups in total. The smallest absolute Gasteiger partial charge is 0.305 e. The number of hydrogen-bond donors (Lipinski definition) is 1. The maximum absolute atomic E-state index is 11.0. The summed E-state index contributed by atoms with van der Waals surface area (Å²) >= 11 is 1.57. The number of anilines is 1. The van der Waals surface area contributed by atoms with Crippen molar-refractivity contribution in [1.29, 1.82) is 0 Å². The number of ether oxygens (including phenoxy) is 2. The standard InChI is InChI=1S/C11H16N2O3S/c1-15-10(14)3-2-9-7-17-11(13-9)12-8-4-5-16-6-8/h7-8H,2-6H2,1H3,(H,12,13). The number of nitrogens with one attached hydrogen (secondary N) is 1. The molecule has 5 nitrogen and oxygen atoms in total. The molecule has 1 aliphatic heterocycles. The minimum Gasteiger partial charge on any atom is -0.469 e. The summed E-state index contributed by atoms with van der Waals surface area (Å²) in [6.45, 7) is 1.56. The fraction of sp³-hybridized carbons (Fsp3) is 0.636. The van der Waals surface area contributed by atoms with Crippen LogP contribution < -0.4 is 5.32 Å². The molecule has 1 aromatic heterocycles. The average Bonchev–Trinajstić information content (AvgIpc) is 2.98. The first-order chi connectivity index (χ1) is 8.28. The van der Waals surface area contributed by atoms with Crippen LogP contribution in [0, 0.1) is 0 Å². The van der Waals surface area contributed by atoms with Crippen molar-refractivity contribution < 1.29 is 14.3 Å². The lowest BCUT2D eigenvalue weighted by atomic mass is 10.2. The molecule has 1 unspecified atom stereocenters. The molecule has 0 amide bonds. The molecular formula is C11H16N2O3S. The zero-order chi connectivity index (χ0) is 12.1. The molecule has 94 valence electrons. The van der Waals surface area contributed by atoms with Crippen LogP contribution in [-0.2, 0) is 20.7 Å². The fourth-order valence-electron chi connectivity index (χ4n) is 1.64. The van der Waals surface area contributed by atoms with Crippen molar-refractivity contribution in [2.75, 3.05) is 25.6 Å². The van der Waals surface area contributed by atoms with E-state index in [1.165, 1.54) is 7.11 Å². The molecule has 1 saturated heterocycles. The van der Waals surface area contributed by atoms with Gasteiger partial charge in [-0.25, -0.2) is 4.98 Å². The van der Waals surface area contributed by atoms with Crippen LogP contribution >= 0.6 is 11.3 Å². The predicted octanol–water partition coefficient (Wildman–Crippen LogP) is 1.45. The second kappa shape index (κ2) is 5.97. The molecule has 6 heteroatoms. The third-order valence-electron chi connectivity index (χ3n) is 2.62. The molecular weight excluding hydrogens is 240 g/mol. The molecule has 2 heterocycles. The number of aromatic nitrogens is 1.